The molecule has 0 spiro atoms. The van der Waals surface area contributed by atoms with Gasteiger partial charge in [-0.2, -0.15) is 0 Å². The van der Waals surface area contributed by atoms with E-state index in [-0.39, 0.29) is 11.9 Å². The third kappa shape index (κ3) is 5.80. The normalized spacial score (nSPS) is 12.8. The Morgan fingerprint density at radius 3 is 2.32 bits per heavy atom. The third-order valence-electron chi connectivity index (χ3n) is 4.20. The first-order chi connectivity index (χ1) is 13.5. The van der Waals surface area contributed by atoms with Crippen molar-refractivity contribution in [3.05, 3.63) is 53.1 Å². The van der Waals surface area contributed by atoms with Crippen molar-refractivity contribution in [2.75, 3.05) is 13.2 Å². The van der Waals surface area contributed by atoms with Crippen molar-refractivity contribution in [2.24, 2.45) is 0 Å². The SMILES string of the molecule is CCOc1ccc([C@H](C)NC(=O)[C@H](CC)Oc2ccccc2Cl)cc1OCC. The van der Waals surface area contributed by atoms with Crippen LogP contribution in [0.1, 0.15) is 45.7 Å². The molecule has 2 atom stereocenters. The molecule has 0 aliphatic heterocycles. The average molecular weight is 406 g/mol. The Labute approximate surface area is 171 Å². The molecule has 0 bridgehead atoms. The number of nitrogens with one attached hydrogen (secondary N) is 1. The van der Waals surface area contributed by atoms with E-state index < -0.39 is 6.10 Å². The summed E-state index contributed by atoms with van der Waals surface area (Å²) < 4.78 is 17.1. The fourth-order valence-electron chi connectivity index (χ4n) is 2.74. The van der Waals surface area contributed by atoms with Crippen LogP contribution < -0.4 is 19.5 Å². The fraction of sp³-hybridized carbons (Fsp3) is 0.409. The van der Waals surface area contributed by atoms with Gasteiger partial charge in [-0.1, -0.05) is 36.7 Å². The highest BCUT2D eigenvalue weighted by molar-refractivity contribution is 6.32. The van der Waals surface area contributed by atoms with Crippen LogP contribution in [0.2, 0.25) is 5.02 Å². The minimum absolute atomic E-state index is 0.193. The zero-order chi connectivity index (χ0) is 20.5. The maximum atomic E-state index is 12.7. The maximum absolute atomic E-state index is 12.7. The van der Waals surface area contributed by atoms with Crippen LogP contribution in [-0.4, -0.2) is 25.2 Å². The number of halogens is 1. The van der Waals surface area contributed by atoms with Crippen molar-refractivity contribution in [2.45, 2.75) is 46.3 Å². The Morgan fingerprint density at radius 1 is 1.00 bits per heavy atom. The number of carbonyl (C=O) groups is 1. The monoisotopic (exact) mass is 405 g/mol. The van der Waals surface area contributed by atoms with Gasteiger partial charge in [-0.3, -0.25) is 4.79 Å². The lowest BCUT2D eigenvalue weighted by Gasteiger charge is -2.22. The molecule has 0 saturated carbocycles. The summed E-state index contributed by atoms with van der Waals surface area (Å²) in [5, 5.41) is 3.49. The molecule has 2 rings (SSSR count). The summed E-state index contributed by atoms with van der Waals surface area (Å²) in [4.78, 5) is 12.7. The first-order valence-corrected chi connectivity index (χ1v) is 9.98. The largest absolute Gasteiger partial charge is 0.490 e. The standard InChI is InChI=1S/C22H28ClNO4/c1-5-18(28-19-11-9-8-10-17(19)23)22(25)24-15(4)16-12-13-20(26-6-2)21(14-16)27-7-3/h8-15,18H,5-7H2,1-4H3,(H,24,25)/t15-,18-/m0/s1. The third-order valence-corrected chi connectivity index (χ3v) is 4.51. The Morgan fingerprint density at radius 2 is 1.68 bits per heavy atom. The molecule has 1 amide bonds. The number of benzene rings is 2. The minimum atomic E-state index is -0.628. The van der Waals surface area contributed by atoms with Crippen molar-refractivity contribution in [1.29, 1.82) is 0 Å². The summed E-state index contributed by atoms with van der Waals surface area (Å²) in [7, 11) is 0. The summed E-state index contributed by atoms with van der Waals surface area (Å²) >= 11 is 6.14. The smallest absolute Gasteiger partial charge is 0.261 e. The highest BCUT2D eigenvalue weighted by Crippen LogP contribution is 2.31. The topological polar surface area (TPSA) is 56.8 Å². The number of carbonyl (C=O) groups excluding carboxylic acids is 1. The van der Waals surface area contributed by atoms with Gasteiger partial charge in [0, 0.05) is 0 Å². The van der Waals surface area contributed by atoms with Gasteiger partial charge >= 0.3 is 0 Å². The van der Waals surface area contributed by atoms with Gasteiger partial charge in [0.15, 0.2) is 17.6 Å². The molecule has 0 aliphatic carbocycles. The van der Waals surface area contributed by atoms with E-state index in [0.717, 1.165) is 5.56 Å². The van der Waals surface area contributed by atoms with Gasteiger partial charge in [0.1, 0.15) is 5.75 Å². The van der Waals surface area contributed by atoms with E-state index in [9.17, 15) is 4.79 Å². The number of ether oxygens (including phenoxy) is 3. The molecule has 0 radical (unpaired) electrons. The van der Waals surface area contributed by atoms with Crippen LogP contribution in [0, 0.1) is 0 Å². The Balaban J connectivity index is 2.09. The summed E-state index contributed by atoms with van der Waals surface area (Å²) in [5.41, 5.74) is 0.924. The van der Waals surface area contributed by atoms with E-state index >= 15 is 0 Å². The van der Waals surface area contributed by atoms with E-state index in [4.69, 9.17) is 25.8 Å². The van der Waals surface area contributed by atoms with Crippen molar-refractivity contribution in [1.82, 2.24) is 5.32 Å². The zero-order valence-corrected chi connectivity index (χ0v) is 17.6. The van der Waals surface area contributed by atoms with Crippen molar-refractivity contribution in [3.63, 3.8) is 0 Å². The van der Waals surface area contributed by atoms with Crippen LogP contribution >= 0.6 is 11.6 Å². The second-order valence-corrected chi connectivity index (χ2v) is 6.65. The molecule has 0 saturated heterocycles. The summed E-state index contributed by atoms with van der Waals surface area (Å²) in [6.45, 7) is 8.76. The van der Waals surface area contributed by atoms with Crippen LogP contribution in [0.25, 0.3) is 0 Å². The van der Waals surface area contributed by atoms with E-state index in [1.54, 1.807) is 12.1 Å². The van der Waals surface area contributed by atoms with Crippen LogP contribution in [0.4, 0.5) is 0 Å². The zero-order valence-electron chi connectivity index (χ0n) is 16.8. The molecule has 0 unspecified atom stereocenters. The number of hydrogen-bond acceptors (Lipinski definition) is 4. The van der Waals surface area contributed by atoms with Gasteiger partial charge in [0.05, 0.1) is 24.3 Å². The van der Waals surface area contributed by atoms with E-state index in [1.165, 1.54) is 0 Å². The second-order valence-electron chi connectivity index (χ2n) is 6.25. The predicted molar refractivity (Wildman–Crippen MR) is 111 cm³/mol. The molecule has 28 heavy (non-hydrogen) atoms. The molecule has 0 heterocycles. The molecular formula is C22H28ClNO4. The quantitative estimate of drug-likeness (QED) is 0.592. The summed E-state index contributed by atoms with van der Waals surface area (Å²) in [6.07, 6.45) is -0.103. The molecule has 2 aromatic carbocycles. The van der Waals surface area contributed by atoms with Crippen LogP contribution in [-0.2, 0) is 4.79 Å². The van der Waals surface area contributed by atoms with Crippen LogP contribution in [0.5, 0.6) is 17.2 Å². The highest BCUT2D eigenvalue weighted by atomic mass is 35.5. The first kappa shape index (κ1) is 21.9. The Kier molecular flexibility index (Phi) is 8.45. The minimum Gasteiger partial charge on any atom is -0.490 e. The van der Waals surface area contributed by atoms with Gasteiger partial charge in [-0.15, -0.1) is 0 Å². The van der Waals surface area contributed by atoms with Crippen molar-refractivity contribution in [3.8, 4) is 17.2 Å². The Hall–Kier alpha value is -2.40. The molecule has 0 fully saturated rings. The molecule has 0 aromatic heterocycles. The van der Waals surface area contributed by atoms with E-state index in [0.29, 0.717) is 41.9 Å². The molecule has 2 aromatic rings. The first-order valence-electron chi connectivity index (χ1n) is 9.61. The van der Waals surface area contributed by atoms with E-state index in [2.05, 4.69) is 5.32 Å². The number of hydrogen-bond donors (Lipinski definition) is 1. The molecule has 6 heteroatoms. The van der Waals surface area contributed by atoms with Gasteiger partial charge in [-0.05, 0) is 57.0 Å². The van der Waals surface area contributed by atoms with Crippen molar-refractivity contribution >= 4 is 17.5 Å². The molecule has 5 nitrogen and oxygen atoms in total. The van der Waals surface area contributed by atoms with Gasteiger partial charge in [0.25, 0.3) is 5.91 Å². The van der Waals surface area contributed by atoms with Crippen molar-refractivity contribution < 1.29 is 19.0 Å². The van der Waals surface area contributed by atoms with Gasteiger partial charge in [0.2, 0.25) is 0 Å². The van der Waals surface area contributed by atoms with Gasteiger partial charge < -0.3 is 19.5 Å². The lowest BCUT2D eigenvalue weighted by Crippen LogP contribution is -2.39. The van der Waals surface area contributed by atoms with Gasteiger partial charge in [-0.25, -0.2) is 0 Å². The van der Waals surface area contributed by atoms with E-state index in [1.807, 2.05) is 58.0 Å². The maximum Gasteiger partial charge on any atom is 0.261 e. The molecule has 152 valence electrons. The fourth-order valence-corrected chi connectivity index (χ4v) is 2.92. The average Bonchev–Trinajstić information content (AvgIpc) is 2.68. The Bertz CT molecular complexity index is 781. The lowest BCUT2D eigenvalue weighted by molar-refractivity contribution is -0.128. The number of amides is 1. The molecular weight excluding hydrogens is 378 g/mol. The predicted octanol–water partition coefficient (Wildman–Crippen LogP) is 5.17. The molecule has 1 N–H and O–H groups in total. The number of para-hydroxylation sites is 1. The second kappa shape index (κ2) is 10.8. The number of rotatable bonds is 10. The molecule has 0 aliphatic rings. The lowest BCUT2D eigenvalue weighted by atomic mass is 10.1. The van der Waals surface area contributed by atoms with Crippen LogP contribution in [0.3, 0.4) is 0 Å². The highest BCUT2D eigenvalue weighted by Gasteiger charge is 2.22. The van der Waals surface area contributed by atoms with Crippen LogP contribution in [0.15, 0.2) is 42.5 Å². The summed E-state index contributed by atoms with van der Waals surface area (Å²) in [5.74, 6) is 1.67. The summed E-state index contributed by atoms with van der Waals surface area (Å²) in [6, 6.07) is 12.6.